The number of hydrogen-bond donors (Lipinski definition) is 3. The molecule has 0 bridgehead atoms. The molecule has 0 spiro atoms. The van der Waals surface area contributed by atoms with E-state index in [2.05, 4.69) is 0 Å². The zero-order chi connectivity index (χ0) is 13.7. The SMILES string of the molecule is CCN(CCCO)c1cc(C(=O)O)c(N)cc1F. The van der Waals surface area contributed by atoms with Gasteiger partial charge in [-0.15, -0.1) is 0 Å². The molecule has 1 aromatic rings. The number of benzene rings is 1. The number of aliphatic hydroxyl groups is 1. The van der Waals surface area contributed by atoms with Crippen LogP contribution in [-0.2, 0) is 0 Å². The van der Waals surface area contributed by atoms with Crippen LogP contribution in [0.15, 0.2) is 12.1 Å². The molecule has 100 valence electrons. The van der Waals surface area contributed by atoms with E-state index in [1.54, 1.807) is 4.90 Å². The highest BCUT2D eigenvalue weighted by Gasteiger charge is 2.16. The summed E-state index contributed by atoms with van der Waals surface area (Å²) >= 11 is 0. The smallest absolute Gasteiger partial charge is 0.337 e. The Bertz CT molecular complexity index is 438. The first-order valence-electron chi connectivity index (χ1n) is 5.69. The molecule has 0 aromatic heterocycles. The first kappa shape index (κ1) is 14.2. The first-order chi connectivity index (χ1) is 8.51. The second kappa shape index (κ2) is 6.20. The van der Waals surface area contributed by atoms with Crippen molar-refractivity contribution in [1.82, 2.24) is 0 Å². The van der Waals surface area contributed by atoms with E-state index in [0.717, 1.165) is 6.07 Å². The standard InChI is InChI=1S/C12H17FN2O3/c1-2-15(4-3-5-16)11-6-8(12(17)18)10(14)7-9(11)13/h6-7,16H,2-5,14H2,1H3,(H,17,18). The molecular formula is C12H17FN2O3. The molecule has 5 nitrogen and oxygen atoms in total. The molecule has 0 atom stereocenters. The van der Waals surface area contributed by atoms with Gasteiger partial charge in [-0.25, -0.2) is 9.18 Å². The van der Waals surface area contributed by atoms with Gasteiger partial charge < -0.3 is 20.8 Å². The molecule has 0 radical (unpaired) electrons. The molecule has 1 rings (SSSR count). The Morgan fingerprint density at radius 2 is 2.17 bits per heavy atom. The van der Waals surface area contributed by atoms with Gasteiger partial charge in [0.25, 0.3) is 0 Å². The highest BCUT2D eigenvalue weighted by Crippen LogP contribution is 2.25. The summed E-state index contributed by atoms with van der Waals surface area (Å²) in [7, 11) is 0. The zero-order valence-corrected chi connectivity index (χ0v) is 10.2. The van der Waals surface area contributed by atoms with Gasteiger partial charge in [0.15, 0.2) is 0 Å². The van der Waals surface area contributed by atoms with Crippen molar-refractivity contribution < 1.29 is 19.4 Å². The zero-order valence-electron chi connectivity index (χ0n) is 10.2. The minimum Gasteiger partial charge on any atom is -0.478 e. The summed E-state index contributed by atoms with van der Waals surface area (Å²) in [4.78, 5) is 12.6. The molecule has 0 saturated heterocycles. The summed E-state index contributed by atoms with van der Waals surface area (Å²) in [6.07, 6.45) is 0.486. The minimum absolute atomic E-state index is 0.00111. The lowest BCUT2D eigenvalue weighted by Gasteiger charge is -2.24. The van der Waals surface area contributed by atoms with Crippen LogP contribution in [0.4, 0.5) is 15.8 Å². The van der Waals surface area contributed by atoms with Gasteiger partial charge in [0.1, 0.15) is 5.82 Å². The molecule has 0 unspecified atom stereocenters. The molecule has 0 aliphatic heterocycles. The van der Waals surface area contributed by atoms with E-state index < -0.39 is 11.8 Å². The fourth-order valence-corrected chi connectivity index (χ4v) is 1.72. The molecule has 0 fully saturated rings. The van der Waals surface area contributed by atoms with E-state index in [1.165, 1.54) is 6.07 Å². The lowest BCUT2D eigenvalue weighted by molar-refractivity contribution is 0.0698. The Balaban J connectivity index is 3.13. The van der Waals surface area contributed by atoms with Crippen molar-refractivity contribution in [2.24, 2.45) is 0 Å². The summed E-state index contributed by atoms with van der Waals surface area (Å²) < 4.78 is 13.8. The Labute approximate surface area is 105 Å². The van der Waals surface area contributed by atoms with Gasteiger partial charge in [-0.3, -0.25) is 0 Å². The molecular weight excluding hydrogens is 239 g/mol. The van der Waals surface area contributed by atoms with Gasteiger partial charge in [0, 0.05) is 25.4 Å². The average Bonchev–Trinajstić information content (AvgIpc) is 2.31. The topological polar surface area (TPSA) is 86.8 Å². The van der Waals surface area contributed by atoms with Crippen LogP contribution in [0.2, 0.25) is 0 Å². The minimum atomic E-state index is -1.19. The van der Waals surface area contributed by atoms with Gasteiger partial charge in [-0.05, 0) is 25.5 Å². The van der Waals surface area contributed by atoms with E-state index in [0.29, 0.717) is 19.5 Å². The number of carboxylic acid groups (broad SMARTS) is 1. The van der Waals surface area contributed by atoms with E-state index in [-0.39, 0.29) is 23.5 Å². The number of hydrogen-bond acceptors (Lipinski definition) is 4. The molecule has 0 aliphatic carbocycles. The monoisotopic (exact) mass is 256 g/mol. The van der Waals surface area contributed by atoms with Crippen LogP contribution < -0.4 is 10.6 Å². The summed E-state index contributed by atoms with van der Waals surface area (Å²) in [6, 6.07) is 2.24. The summed E-state index contributed by atoms with van der Waals surface area (Å²) in [5.74, 6) is -1.75. The number of carboxylic acids is 1. The fourth-order valence-electron chi connectivity index (χ4n) is 1.72. The van der Waals surface area contributed by atoms with Crippen molar-refractivity contribution in [1.29, 1.82) is 0 Å². The Kier molecular flexibility index (Phi) is 4.91. The lowest BCUT2D eigenvalue weighted by atomic mass is 10.1. The number of halogens is 1. The van der Waals surface area contributed by atoms with E-state index in [4.69, 9.17) is 15.9 Å². The predicted octanol–water partition coefficient (Wildman–Crippen LogP) is 1.31. The number of rotatable bonds is 6. The maximum absolute atomic E-state index is 13.8. The van der Waals surface area contributed by atoms with Crippen molar-refractivity contribution in [3.05, 3.63) is 23.5 Å². The summed E-state index contributed by atoms with van der Waals surface area (Å²) in [6.45, 7) is 2.79. The molecule has 0 amide bonds. The van der Waals surface area contributed by atoms with Gasteiger partial charge in [-0.1, -0.05) is 0 Å². The third-order valence-corrected chi connectivity index (χ3v) is 2.66. The quantitative estimate of drug-likeness (QED) is 0.668. The summed E-state index contributed by atoms with van der Waals surface area (Å²) in [5.41, 5.74) is 5.43. The second-order valence-corrected chi connectivity index (χ2v) is 3.85. The Hall–Kier alpha value is -1.82. The fraction of sp³-hybridized carbons (Fsp3) is 0.417. The number of aromatic carboxylic acids is 1. The number of carbonyl (C=O) groups is 1. The van der Waals surface area contributed by atoms with Gasteiger partial charge in [-0.2, -0.15) is 0 Å². The van der Waals surface area contributed by atoms with Crippen molar-refractivity contribution in [3.8, 4) is 0 Å². The van der Waals surface area contributed by atoms with Gasteiger partial charge in [0.2, 0.25) is 0 Å². The highest BCUT2D eigenvalue weighted by molar-refractivity contribution is 5.95. The van der Waals surface area contributed by atoms with Gasteiger partial charge >= 0.3 is 5.97 Å². The van der Waals surface area contributed by atoms with Crippen LogP contribution in [0.1, 0.15) is 23.7 Å². The largest absolute Gasteiger partial charge is 0.478 e. The van der Waals surface area contributed by atoms with Crippen LogP contribution >= 0.6 is 0 Å². The highest BCUT2D eigenvalue weighted by atomic mass is 19.1. The van der Waals surface area contributed by atoms with Crippen LogP contribution in [0.5, 0.6) is 0 Å². The van der Waals surface area contributed by atoms with E-state index >= 15 is 0 Å². The molecule has 18 heavy (non-hydrogen) atoms. The number of nitrogen functional groups attached to an aromatic ring is 1. The third kappa shape index (κ3) is 3.10. The van der Waals surface area contributed by atoms with Crippen LogP contribution in [0.25, 0.3) is 0 Å². The Morgan fingerprint density at radius 1 is 1.50 bits per heavy atom. The lowest BCUT2D eigenvalue weighted by Crippen LogP contribution is -2.26. The summed E-state index contributed by atoms with van der Waals surface area (Å²) in [5, 5.41) is 17.7. The van der Waals surface area contributed by atoms with E-state index in [1.807, 2.05) is 6.92 Å². The number of anilines is 2. The molecule has 1 aromatic carbocycles. The Morgan fingerprint density at radius 3 is 2.67 bits per heavy atom. The van der Waals surface area contributed by atoms with Crippen molar-refractivity contribution in [2.75, 3.05) is 30.3 Å². The maximum atomic E-state index is 13.8. The molecule has 4 N–H and O–H groups in total. The number of nitrogens with zero attached hydrogens (tertiary/aromatic N) is 1. The molecule has 0 saturated carbocycles. The molecule has 0 heterocycles. The second-order valence-electron chi connectivity index (χ2n) is 3.85. The number of nitrogens with two attached hydrogens (primary N) is 1. The first-order valence-corrected chi connectivity index (χ1v) is 5.69. The molecule has 6 heteroatoms. The predicted molar refractivity (Wildman–Crippen MR) is 67.4 cm³/mol. The molecule has 0 aliphatic rings. The number of aliphatic hydroxyl groups excluding tert-OH is 1. The van der Waals surface area contributed by atoms with Gasteiger partial charge in [0.05, 0.1) is 11.3 Å². The van der Waals surface area contributed by atoms with Crippen LogP contribution in [0, 0.1) is 5.82 Å². The normalized spacial score (nSPS) is 10.4. The van der Waals surface area contributed by atoms with Crippen molar-refractivity contribution >= 4 is 17.3 Å². The van der Waals surface area contributed by atoms with E-state index in [9.17, 15) is 9.18 Å². The third-order valence-electron chi connectivity index (χ3n) is 2.66. The van der Waals surface area contributed by atoms with Crippen LogP contribution in [-0.4, -0.2) is 35.9 Å². The van der Waals surface area contributed by atoms with Crippen molar-refractivity contribution in [2.45, 2.75) is 13.3 Å². The average molecular weight is 256 g/mol. The van der Waals surface area contributed by atoms with Crippen LogP contribution in [0.3, 0.4) is 0 Å². The van der Waals surface area contributed by atoms with Crippen molar-refractivity contribution in [3.63, 3.8) is 0 Å². The maximum Gasteiger partial charge on any atom is 0.337 e.